The van der Waals surface area contributed by atoms with Gasteiger partial charge in [-0.25, -0.2) is 4.39 Å². The lowest BCUT2D eigenvalue weighted by atomic mass is 9.97. The van der Waals surface area contributed by atoms with E-state index in [0.29, 0.717) is 0 Å². The van der Waals surface area contributed by atoms with Crippen molar-refractivity contribution in [2.75, 3.05) is 0 Å². The van der Waals surface area contributed by atoms with Crippen LogP contribution in [-0.2, 0) is 0 Å². The summed E-state index contributed by atoms with van der Waals surface area (Å²) in [5.74, 6) is -0.637. The number of hydrogen-bond donors (Lipinski definition) is 1. The van der Waals surface area contributed by atoms with Crippen molar-refractivity contribution in [3.05, 3.63) is 36.2 Å². The van der Waals surface area contributed by atoms with Gasteiger partial charge in [0.15, 0.2) is 0 Å². The number of rotatable bonds is 2. The van der Waals surface area contributed by atoms with Crippen molar-refractivity contribution in [3.8, 4) is 0 Å². The van der Waals surface area contributed by atoms with Crippen molar-refractivity contribution >= 4 is 7.85 Å². The van der Waals surface area contributed by atoms with Crippen molar-refractivity contribution in [2.45, 2.75) is 0 Å². The molecule has 0 aliphatic rings. The van der Waals surface area contributed by atoms with Crippen LogP contribution in [0.2, 0.25) is 0 Å². The normalized spacial score (nSPS) is 11.0. The molecule has 0 spiro atoms. The molecule has 0 aromatic carbocycles. The van der Waals surface area contributed by atoms with E-state index in [4.69, 9.17) is 13.6 Å². The van der Waals surface area contributed by atoms with Gasteiger partial charge in [0.1, 0.15) is 13.7 Å². The number of hydrogen-bond acceptors (Lipinski definition) is 1. The topological polar surface area (TPSA) is 26.0 Å². The predicted molar refractivity (Wildman–Crippen MR) is 37.4 cm³/mol. The van der Waals surface area contributed by atoms with Gasteiger partial charge in [0.2, 0.25) is 0 Å². The van der Waals surface area contributed by atoms with Crippen LogP contribution >= 0.6 is 0 Å². The second-order valence-electron chi connectivity index (χ2n) is 1.59. The Bertz CT molecular complexity index is 172. The average molecular weight is 123 g/mol. The standard InChI is InChI=1S/C6H7BFN/c1-4(7)3-6(8)5(2)9/h3H,1-2,9H2/b6-3+. The van der Waals surface area contributed by atoms with Crippen LogP contribution in [0, 0.1) is 0 Å². The summed E-state index contributed by atoms with van der Waals surface area (Å²) in [7, 11) is 5.02. The van der Waals surface area contributed by atoms with Crippen molar-refractivity contribution < 1.29 is 4.39 Å². The van der Waals surface area contributed by atoms with Crippen LogP contribution in [0.15, 0.2) is 36.2 Å². The highest BCUT2D eigenvalue weighted by atomic mass is 19.1. The highest BCUT2D eigenvalue weighted by Gasteiger charge is 1.92. The first-order chi connectivity index (χ1) is 4.04. The fourth-order valence-corrected chi connectivity index (χ4v) is 0.255. The molecule has 0 aliphatic carbocycles. The smallest absolute Gasteiger partial charge is 0.144 e. The molecule has 0 saturated heterocycles. The molecule has 0 unspecified atom stereocenters. The molecular weight excluding hydrogens is 116 g/mol. The summed E-state index contributed by atoms with van der Waals surface area (Å²) in [5.41, 5.74) is 4.94. The molecular formula is C6H7BFN. The first-order valence-electron chi connectivity index (χ1n) is 2.30. The predicted octanol–water partition coefficient (Wildman–Crippen LogP) is 0.994. The van der Waals surface area contributed by atoms with Crippen LogP contribution in [0.5, 0.6) is 0 Å². The monoisotopic (exact) mass is 123 g/mol. The van der Waals surface area contributed by atoms with E-state index in [-0.39, 0.29) is 11.2 Å². The first kappa shape index (κ1) is 8.01. The second kappa shape index (κ2) is 3.12. The van der Waals surface area contributed by atoms with E-state index in [0.717, 1.165) is 6.08 Å². The molecule has 0 atom stereocenters. The maximum absolute atomic E-state index is 12.3. The molecule has 0 heterocycles. The molecule has 0 bridgehead atoms. The van der Waals surface area contributed by atoms with Crippen LogP contribution in [0.3, 0.4) is 0 Å². The minimum atomic E-state index is -0.637. The molecule has 2 radical (unpaired) electrons. The summed E-state index contributed by atoms with van der Waals surface area (Å²) in [6.45, 7) is 6.39. The lowest BCUT2D eigenvalue weighted by Crippen LogP contribution is -1.94. The van der Waals surface area contributed by atoms with Gasteiger partial charge in [-0.3, -0.25) is 0 Å². The number of halogens is 1. The minimum Gasteiger partial charge on any atom is -0.397 e. The van der Waals surface area contributed by atoms with E-state index < -0.39 is 5.83 Å². The van der Waals surface area contributed by atoms with Gasteiger partial charge in [-0.05, 0) is 6.08 Å². The lowest BCUT2D eigenvalue weighted by Gasteiger charge is -1.92. The van der Waals surface area contributed by atoms with E-state index >= 15 is 0 Å². The SMILES string of the molecule is [B]C(=C)/C=C(/F)C(=C)N. The average Bonchev–Trinajstić information content (AvgIpc) is 1.63. The molecule has 0 fully saturated rings. The molecule has 3 heteroatoms. The molecule has 0 rings (SSSR count). The van der Waals surface area contributed by atoms with Crippen molar-refractivity contribution in [1.82, 2.24) is 0 Å². The van der Waals surface area contributed by atoms with Crippen molar-refractivity contribution in [1.29, 1.82) is 0 Å². The zero-order valence-electron chi connectivity index (χ0n) is 5.02. The maximum atomic E-state index is 12.3. The fraction of sp³-hybridized carbons (Fsp3) is 0. The number of nitrogens with two attached hydrogens (primary N) is 1. The van der Waals surface area contributed by atoms with Gasteiger partial charge < -0.3 is 5.73 Å². The highest BCUT2D eigenvalue weighted by Crippen LogP contribution is 2.04. The molecule has 2 N–H and O–H groups in total. The van der Waals surface area contributed by atoms with Gasteiger partial charge in [-0.1, -0.05) is 6.58 Å². The summed E-state index contributed by atoms with van der Waals surface area (Å²) in [6, 6.07) is 0. The molecule has 46 valence electrons. The molecule has 1 nitrogen and oxygen atoms in total. The van der Waals surface area contributed by atoms with Gasteiger partial charge in [-0.2, -0.15) is 0 Å². The molecule has 0 amide bonds. The molecule has 0 aromatic rings. The van der Waals surface area contributed by atoms with Gasteiger partial charge in [-0.15, -0.1) is 12.1 Å². The van der Waals surface area contributed by atoms with E-state index in [1.165, 1.54) is 0 Å². The Kier molecular flexibility index (Phi) is 2.78. The first-order valence-corrected chi connectivity index (χ1v) is 2.30. The van der Waals surface area contributed by atoms with Crippen LogP contribution in [0.1, 0.15) is 0 Å². The third-order valence-electron chi connectivity index (χ3n) is 0.619. The summed E-state index contributed by atoms with van der Waals surface area (Å²) >= 11 is 0. The van der Waals surface area contributed by atoms with Crippen LogP contribution < -0.4 is 5.73 Å². The Labute approximate surface area is 55.2 Å². The van der Waals surface area contributed by atoms with Gasteiger partial charge in [0, 0.05) is 0 Å². The molecule has 0 aliphatic heterocycles. The van der Waals surface area contributed by atoms with Crippen LogP contribution in [-0.4, -0.2) is 7.85 Å². The number of allylic oxidation sites excluding steroid dienone is 3. The quantitative estimate of drug-likeness (QED) is 0.430. The van der Waals surface area contributed by atoms with Gasteiger partial charge in [0.25, 0.3) is 0 Å². The Morgan fingerprint density at radius 2 is 2.00 bits per heavy atom. The lowest BCUT2D eigenvalue weighted by molar-refractivity contribution is 0.649. The third-order valence-corrected chi connectivity index (χ3v) is 0.619. The Morgan fingerprint density at radius 1 is 1.56 bits per heavy atom. The zero-order valence-corrected chi connectivity index (χ0v) is 5.02. The van der Waals surface area contributed by atoms with E-state index in [9.17, 15) is 4.39 Å². The fourth-order valence-electron chi connectivity index (χ4n) is 0.255. The van der Waals surface area contributed by atoms with E-state index in [2.05, 4.69) is 13.2 Å². The van der Waals surface area contributed by atoms with E-state index in [1.54, 1.807) is 0 Å². The second-order valence-corrected chi connectivity index (χ2v) is 1.59. The van der Waals surface area contributed by atoms with Crippen LogP contribution in [0.4, 0.5) is 4.39 Å². The maximum Gasteiger partial charge on any atom is 0.144 e. The highest BCUT2D eigenvalue weighted by molar-refractivity contribution is 6.23. The van der Waals surface area contributed by atoms with Crippen LogP contribution in [0.25, 0.3) is 0 Å². The van der Waals surface area contributed by atoms with E-state index in [1.807, 2.05) is 0 Å². The zero-order chi connectivity index (χ0) is 7.44. The summed E-state index contributed by atoms with van der Waals surface area (Å²) in [6.07, 6.45) is 1.02. The Morgan fingerprint density at radius 3 is 2.11 bits per heavy atom. The largest absolute Gasteiger partial charge is 0.397 e. The minimum absolute atomic E-state index is 0.124. The molecule has 0 saturated carbocycles. The Balaban J connectivity index is 4.17. The summed E-state index contributed by atoms with van der Waals surface area (Å²) in [4.78, 5) is 0. The van der Waals surface area contributed by atoms with Gasteiger partial charge in [0.05, 0.1) is 5.70 Å². The molecule has 9 heavy (non-hydrogen) atoms. The van der Waals surface area contributed by atoms with Crippen molar-refractivity contribution in [3.63, 3.8) is 0 Å². The van der Waals surface area contributed by atoms with Gasteiger partial charge >= 0.3 is 0 Å². The van der Waals surface area contributed by atoms with Crippen molar-refractivity contribution in [2.24, 2.45) is 5.73 Å². The third kappa shape index (κ3) is 3.59. The molecule has 0 aromatic heterocycles. The Hall–Kier alpha value is -0.985. The summed E-state index contributed by atoms with van der Waals surface area (Å²) < 4.78 is 12.3. The summed E-state index contributed by atoms with van der Waals surface area (Å²) in [5, 5.41) is 0.